The number of carbonyl (C=O) groups is 1. The lowest BCUT2D eigenvalue weighted by molar-refractivity contribution is 0.0645. The van der Waals surface area contributed by atoms with Crippen LogP contribution in [0.5, 0.6) is 0 Å². The molecule has 14 heavy (non-hydrogen) atoms. The normalized spacial score (nSPS) is 30.1. The third-order valence-electron chi connectivity index (χ3n) is 2.47. The van der Waals surface area contributed by atoms with Gasteiger partial charge in [0.25, 0.3) is 0 Å². The maximum atomic E-state index is 10.3. The van der Waals surface area contributed by atoms with Gasteiger partial charge < -0.3 is 15.2 Å². The summed E-state index contributed by atoms with van der Waals surface area (Å²) < 4.78 is 4.71. The molecule has 0 aliphatic heterocycles. The summed E-state index contributed by atoms with van der Waals surface area (Å²) in [5.41, 5.74) is 0. The van der Waals surface area contributed by atoms with Crippen molar-refractivity contribution in [3.8, 4) is 0 Å². The fraction of sp³-hybridized carbons (Fsp3) is 0.700. The first-order valence-electron chi connectivity index (χ1n) is 4.96. The van der Waals surface area contributed by atoms with E-state index in [-0.39, 0.29) is 6.10 Å². The number of nitrogens with one attached hydrogen (secondary N) is 1. The van der Waals surface area contributed by atoms with Gasteiger partial charge in [-0.2, -0.15) is 0 Å². The topological polar surface area (TPSA) is 58.6 Å². The zero-order valence-corrected chi connectivity index (χ0v) is 8.40. The van der Waals surface area contributed by atoms with Crippen molar-refractivity contribution in [2.75, 3.05) is 7.05 Å². The van der Waals surface area contributed by atoms with Crippen LogP contribution in [0.1, 0.15) is 25.7 Å². The van der Waals surface area contributed by atoms with Gasteiger partial charge in [-0.1, -0.05) is 6.08 Å². The van der Waals surface area contributed by atoms with Gasteiger partial charge >= 0.3 is 6.16 Å². The Morgan fingerprint density at radius 1 is 1.57 bits per heavy atom. The van der Waals surface area contributed by atoms with E-state index in [2.05, 4.69) is 5.32 Å². The van der Waals surface area contributed by atoms with Crippen LogP contribution in [0.4, 0.5) is 4.79 Å². The molecule has 0 amide bonds. The summed E-state index contributed by atoms with van der Waals surface area (Å²) in [5.74, 6) is 0. The van der Waals surface area contributed by atoms with Crippen LogP contribution >= 0.6 is 0 Å². The number of carboxylic acid groups (broad SMARTS) is 1. The van der Waals surface area contributed by atoms with Gasteiger partial charge in [-0.15, -0.1) is 0 Å². The van der Waals surface area contributed by atoms with Gasteiger partial charge in [-0.3, -0.25) is 0 Å². The zero-order valence-electron chi connectivity index (χ0n) is 8.40. The molecule has 2 N–H and O–H groups in total. The van der Waals surface area contributed by atoms with Crippen LogP contribution in [0.25, 0.3) is 0 Å². The predicted octanol–water partition coefficient (Wildman–Crippen LogP) is 1.77. The van der Waals surface area contributed by atoms with Crippen molar-refractivity contribution in [1.82, 2.24) is 5.32 Å². The van der Waals surface area contributed by atoms with E-state index in [9.17, 15) is 4.79 Å². The lowest BCUT2D eigenvalue weighted by Gasteiger charge is -2.19. The van der Waals surface area contributed by atoms with Crippen molar-refractivity contribution in [3.05, 3.63) is 12.2 Å². The van der Waals surface area contributed by atoms with Crippen LogP contribution in [0.2, 0.25) is 0 Å². The molecular formula is C10H17NO3. The maximum absolute atomic E-state index is 10.3. The molecule has 0 heterocycles. The summed E-state index contributed by atoms with van der Waals surface area (Å²) in [6.45, 7) is 0. The largest absolute Gasteiger partial charge is 0.506 e. The summed E-state index contributed by atoms with van der Waals surface area (Å²) in [6.07, 6.45) is 6.17. The average Bonchev–Trinajstić information content (AvgIpc) is 2.08. The Labute approximate surface area is 83.9 Å². The van der Waals surface area contributed by atoms with Crippen molar-refractivity contribution in [2.24, 2.45) is 0 Å². The zero-order chi connectivity index (χ0) is 10.4. The molecule has 1 rings (SSSR count). The molecule has 4 nitrogen and oxygen atoms in total. The van der Waals surface area contributed by atoms with Crippen LogP contribution in [-0.4, -0.2) is 30.5 Å². The van der Waals surface area contributed by atoms with Crippen molar-refractivity contribution in [2.45, 2.75) is 37.8 Å². The SMILES string of the molecule is CNC1C/C=C/C(OC(=O)O)CCC1. The minimum absolute atomic E-state index is 0.259. The van der Waals surface area contributed by atoms with E-state index in [1.165, 1.54) is 0 Å². The highest BCUT2D eigenvalue weighted by Crippen LogP contribution is 2.14. The Morgan fingerprint density at radius 3 is 3.00 bits per heavy atom. The summed E-state index contributed by atoms with van der Waals surface area (Å²) in [7, 11) is 1.95. The van der Waals surface area contributed by atoms with Gasteiger partial charge in [0.15, 0.2) is 0 Å². The summed E-state index contributed by atoms with van der Waals surface area (Å²) in [4.78, 5) is 10.3. The molecule has 2 unspecified atom stereocenters. The molecule has 0 fully saturated rings. The lowest BCUT2D eigenvalue weighted by atomic mass is 10.0. The Morgan fingerprint density at radius 2 is 2.36 bits per heavy atom. The van der Waals surface area contributed by atoms with Crippen LogP contribution in [0, 0.1) is 0 Å². The summed E-state index contributed by atoms with van der Waals surface area (Å²) >= 11 is 0. The summed E-state index contributed by atoms with van der Waals surface area (Å²) in [6, 6.07) is 0.511. The number of hydrogen-bond acceptors (Lipinski definition) is 3. The first-order chi connectivity index (χ1) is 6.72. The molecular weight excluding hydrogens is 182 g/mol. The van der Waals surface area contributed by atoms with Crippen LogP contribution < -0.4 is 5.32 Å². The van der Waals surface area contributed by atoms with E-state index in [1.54, 1.807) is 0 Å². The Balaban J connectivity index is 2.42. The Kier molecular flexibility index (Phi) is 4.46. The van der Waals surface area contributed by atoms with E-state index in [0.717, 1.165) is 25.7 Å². The third kappa shape index (κ3) is 3.79. The Bertz CT molecular complexity index is 215. The fourth-order valence-electron chi connectivity index (χ4n) is 1.66. The van der Waals surface area contributed by atoms with Crippen LogP contribution in [0.15, 0.2) is 12.2 Å². The second-order valence-corrected chi connectivity index (χ2v) is 3.50. The van der Waals surface area contributed by atoms with E-state index in [4.69, 9.17) is 9.84 Å². The second-order valence-electron chi connectivity index (χ2n) is 3.50. The highest BCUT2D eigenvalue weighted by atomic mass is 16.7. The van der Waals surface area contributed by atoms with Gasteiger partial charge in [0.05, 0.1) is 0 Å². The first-order valence-corrected chi connectivity index (χ1v) is 4.96. The molecule has 0 saturated carbocycles. The first kappa shape index (κ1) is 11.0. The molecule has 4 heteroatoms. The smallest absolute Gasteiger partial charge is 0.450 e. The predicted molar refractivity (Wildman–Crippen MR) is 53.4 cm³/mol. The van der Waals surface area contributed by atoms with Crippen molar-refractivity contribution >= 4 is 6.16 Å². The second kappa shape index (κ2) is 5.65. The number of hydrogen-bond donors (Lipinski definition) is 2. The van der Waals surface area contributed by atoms with Crippen molar-refractivity contribution < 1.29 is 14.6 Å². The average molecular weight is 199 g/mol. The maximum Gasteiger partial charge on any atom is 0.506 e. The molecule has 0 aromatic heterocycles. The molecule has 0 aromatic carbocycles. The molecule has 0 saturated heterocycles. The van der Waals surface area contributed by atoms with E-state index >= 15 is 0 Å². The van der Waals surface area contributed by atoms with Crippen LogP contribution in [-0.2, 0) is 4.74 Å². The molecule has 2 atom stereocenters. The van der Waals surface area contributed by atoms with Crippen molar-refractivity contribution in [1.29, 1.82) is 0 Å². The van der Waals surface area contributed by atoms with E-state index in [1.807, 2.05) is 19.2 Å². The Hall–Kier alpha value is -1.03. The molecule has 0 aromatic rings. The minimum atomic E-state index is -1.19. The van der Waals surface area contributed by atoms with Crippen molar-refractivity contribution in [3.63, 3.8) is 0 Å². The molecule has 0 radical (unpaired) electrons. The molecule has 1 aliphatic rings. The van der Waals surface area contributed by atoms with Gasteiger partial charge in [0.1, 0.15) is 6.10 Å². The molecule has 1 aliphatic carbocycles. The highest BCUT2D eigenvalue weighted by Gasteiger charge is 2.14. The standard InChI is InChI=1S/C10H17NO3/c1-11-8-4-2-6-9(7-3-5-8)14-10(12)13/h2,6,8-9,11H,3-5,7H2,1H3,(H,12,13)/b6-2+. The minimum Gasteiger partial charge on any atom is -0.450 e. The van der Waals surface area contributed by atoms with Gasteiger partial charge in [-0.25, -0.2) is 4.79 Å². The lowest BCUT2D eigenvalue weighted by Crippen LogP contribution is -2.26. The van der Waals surface area contributed by atoms with Crippen LogP contribution in [0.3, 0.4) is 0 Å². The monoisotopic (exact) mass is 199 g/mol. The fourth-order valence-corrected chi connectivity index (χ4v) is 1.66. The van der Waals surface area contributed by atoms with Gasteiger partial charge in [0.2, 0.25) is 0 Å². The molecule has 0 spiro atoms. The molecule has 0 bridgehead atoms. The van der Waals surface area contributed by atoms with E-state index < -0.39 is 6.16 Å². The summed E-state index contributed by atoms with van der Waals surface area (Å²) in [5, 5.41) is 11.7. The third-order valence-corrected chi connectivity index (χ3v) is 2.47. The van der Waals surface area contributed by atoms with E-state index in [0.29, 0.717) is 6.04 Å². The molecule has 80 valence electrons. The number of ether oxygens (including phenoxy) is 1. The highest BCUT2D eigenvalue weighted by molar-refractivity contribution is 5.57. The van der Waals surface area contributed by atoms with Gasteiger partial charge in [0, 0.05) is 6.04 Å². The number of rotatable bonds is 2. The van der Waals surface area contributed by atoms with Gasteiger partial charge in [-0.05, 0) is 38.8 Å². The quantitative estimate of drug-likeness (QED) is 0.525.